The van der Waals surface area contributed by atoms with Gasteiger partial charge in [-0.3, -0.25) is 10.1 Å². The Labute approximate surface area is 161 Å². The number of amides is 1. The molecule has 4 rings (SSSR count). The minimum absolute atomic E-state index is 0.0778. The van der Waals surface area contributed by atoms with Crippen LogP contribution in [0.1, 0.15) is 41.6 Å². The topological polar surface area (TPSA) is 42.0 Å². The van der Waals surface area contributed by atoms with Crippen molar-refractivity contribution in [2.75, 3.05) is 5.32 Å². The number of thioether (sulfide) groups is 1. The molecule has 0 spiro atoms. The van der Waals surface area contributed by atoms with E-state index in [1.165, 1.54) is 15.3 Å². The summed E-state index contributed by atoms with van der Waals surface area (Å²) in [4.78, 5) is 19.7. The summed E-state index contributed by atoms with van der Waals surface area (Å²) in [6.45, 7) is 6.49. The lowest BCUT2D eigenvalue weighted by molar-refractivity contribution is 0.102. The van der Waals surface area contributed by atoms with Gasteiger partial charge in [0.15, 0.2) is 5.13 Å². The number of rotatable bonds is 2. The van der Waals surface area contributed by atoms with Crippen molar-refractivity contribution in [1.82, 2.24) is 4.98 Å². The van der Waals surface area contributed by atoms with E-state index in [1.807, 2.05) is 48.2 Å². The average Bonchev–Trinajstić information content (AvgIpc) is 3.04. The largest absolute Gasteiger partial charge is 0.298 e. The van der Waals surface area contributed by atoms with E-state index in [0.29, 0.717) is 10.7 Å². The van der Waals surface area contributed by atoms with Gasteiger partial charge in [-0.15, -0.1) is 23.1 Å². The van der Waals surface area contributed by atoms with Gasteiger partial charge in [0.25, 0.3) is 5.91 Å². The van der Waals surface area contributed by atoms with Crippen LogP contribution in [0.3, 0.4) is 0 Å². The zero-order valence-electron chi connectivity index (χ0n) is 15.0. The molecule has 0 bridgehead atoms. The molecule has 2 aromatic carbocycles. The highest BCUT2D eigenvalue weighted by atomic mass is 32.2. The van der Waals surface area contributed by atoms with E-state index in [-0.39, 0.29) is 11.3 Å². The maximum absolute atomic E-state index is 12.6. The van der Waals surface area contributed by atoms with E-state index < -0.39 is 0 Å². The smallest absolute Gasteiger partial charge is 0.257 e. The first-order chi connectivity index (χ1) is 12.4. The Hall–Kier alpha value is -2.11. The normalized spacial score (nSPS) is 13.0. The third kappa shape index (κ3) is 3.29. The fourth-order valence-electron chi connectivity index (χ4n) is 2.94. The lowest BCUT2D eigenvalue weighted by Gasteiger charge is -2.18. The van der Waals surface area contributed by atoms with E-state index in [9.17, 15) is 4.79 Å². The fourth-order valence-corrected chi connectivity index (χ4v) is 5.03. The summed E-state index contributed by atoms with van der Waals surface area (Å²) >= 11 is 3.39. The molecule has 0 aliphatic carbocycles. The van der Waals surface area contributed by atoms with Crippen LogP contribution in [0.25, 0.3) is 11.3 Å². The number of fused-ring (bicyclic) bond motifs is 3. The molecule has 5 heteroatoms. The predicted molar refractivity (Wildman–Crippen MR) is 110 cm³/mol. The molecule has 1 amide bonds. The van der Waals surface area contributed by atoms with Crippen LogP contribution in [-0.2, 0) is 11.2 Å². The lowest BCUT2D eigenvalue weighted by Crippen LogP contribution is -2.14. The van der Waals surface area contributed by atoms with Crippen LogP contribution >= 0.6 is 23.1 Å². The molecule has 132 valence electrons. The Morgan fingerprint density at radius 1 is 1.08 bits per heavy atom. The summed E-state index contributed by atoms with van der Waals surface area (Å²) in [5, 5.41) is 3.63. The summed E-state index contributed by atoms with van der Waals surface area (Å²) in [6, 6.07) is 16.1. The summed E-state index contributed by atoms with van der Waals surface area (Å²) < 4.78 is 0. The number of nitrogens with one attached hydrogen (secondary N) is 1. The Morgan fingerprint density at radius 2 is 1.81 bits per heavy atom. The average molecular weight is 381 g/mol. The van der Waals surface area contributed by atoms with Crippen LogP contribution in [0.15, 0.2) is 53.4 Å². The van der Waals surface area contributed by atoms with Gasteiger partial charge < -0.3 is 0 Å². The number of aromatic nitrogens is 1. The highest BCUT2D eigenvalue weighted by Gasteiger charge is 2.22. The lowest BCUT2D eigenvalue weighted by atomic mass is 9.87. The Balaban J connectivity index is 1.56. The molecule has 2 heterocycles. The van der Waals surface area contributed by atoms with E-state index in [4.69, 9.17) is 0 Å². The maximum Gasteiger partial charge on any atom is 0.257 e. The number of carbonyl (C=O) groups excluding carboxylic acids is 1. The van der Waals surface area contributed by atoms with Gasteiger partial charge in [0, 0.05) is 26.7 Å². The molecule has 1 aliphatic heterocycles. The predicted octanol–water partition coefficient (Wildman–Crippen LogP) is 5.97. The molecule has 0 saturated carbocycles. The standard InChI is InChI=1S/C21H20N2OS2/c1-21(2,3)14-10-8-13(9-11-14)19(24)23-20-22-18-15-6-4-5-7-16(15)25-12-17(18)26-20/h4-11H,12H2,1-3H3,(H,22,23,24). The highest BCUT2D eigenvalue weighted by Crippen LogP contribution is 2.44. The van der Waals surface area contributed by atoms with E-state index >= 15 is 0 Å². The third-order valence-corrected chi connectivity index (χ3v) is 6.69. The number of nitrogens with zero attached hydrogens (tertiary/aromatic N) is 1. The van der Waals surface area contributed by atoms with Crippen LogP contribution in [0.2, 0.25) is 0 Å². The zero-order chi connectivity index (χ0) is 18.3. The number of anilines is 1. The zero-order valence-corrected chi connectivity index (χ0v) is 16.6. The van der Waals surface area contributed by atoms with Gasteiger partial charge in [-0.25, -0.2) is 4.98 Å². The molecule has 0 radical (unpaired) electrons. The first kappa shape index (κ1) is 17.3. The van der Waals surface area contributed by atoms with Crippen LogP contribution in [0.4, 0.5) is 5.13 Å². The second kappa shape index (κ2) is 6.56. The van der Waals surface area contributed by atoms with E-state index in [0.717, 1.165) is 17.0 Å². The quantitative estimate of drug-likeness (QED) is 0.596. The van der Waals surface area contributed by atoms with Crippen LogP contribution in [0.5, 0.6) is 0 Å². The first-order valence-electron chi connectivity index (χ1n) is 8.55. The molecule has 1 aromatic heterocycles. The Bertz CT molecular complexity index is 968. The van der Waals surface area contributed by atoms with Gasteiger partial charge in [0.1, 0.15) is 0 Å². The molecule has 1 N–H and O–H groups in total. The Kier molecular flexibility index (Phi) is 4.37. The van der Waals surface area contributed by atoms with E-state index in [2.05, 4.69) is 43.2 Å². The van der Waals surface area contributed by atoms with Crippen molar-refractivity contribution in [3.8, 4) is 11.3 Å². The number of hydrogen-bond acceptors (Lipinski definition) is 4. The van der Waals surface area contributed by atoms with Crippen molar-refractivity contribution in [3.05, 3.63) is 64.5 Å². The second-order valence-corrected chi connectivity index (χ2v) is 9.46. The summed E-state index contributed by atoms with van der Waals surface area (Å²) in [5.41, 5.74) is 4.11. The molecule has 0 fully saturated rings. The molecule has 0 atom stereocenters. The van der Waals surface area contributed by atoms with Gasteiger partial charge in [-0.1, -0.05) is 51.1 Å². The molecule has 0 saturated heterocycles. The molecular weight excluding hydrogens is 360 g/mol. The molecule has 0 unspecified atom stereocenters. The molecule has 26 heavy (non-hydrogen) atoms. The van der Waals surface area contributed by atoms with Gasteiger partial charge in [0.2, 0.25) is 0 Å². The van der Waals surface area contributed by atoms with Crippen molar-refractivity contribution in [1.29, 1.82) is 0 Å². The fraction of sp³-hybridized carbons (Fsp3) is 0.238. The minimum atomic E-state index is -0.113. The maximum atomic E-state index is 12.6. The summed E-state index contributed by atoms with van der Waals surface area (Å²) in [7, 11) is 0. The van der Waals surface area contributed by atoms with Gasteiger partial charge in [-0.05, 0) is 29.2 Å². The van der Waals surface area contributed by atoms with Crippen molar-refractivity contribution in [2.24, 2.45) is 0 Å². The summed E-state index contributed by atoms with van der Waals surface area (Å²) in [6.07, 6.45) is 0. The van der Waals surface area contributed by atoms with Crippen molar-refractivity contribution in [2.45, 2.75) is 36.8 Å². The number of carbonyl (C=O) groups is 1. The minimum Gasteiger partial charge on any atom is -0.298 e. The van der Waals surface area contributed by atoms with Crippen molar-refractivity contribution < 1.29 is 4.79 Å². The van der Waals surface area contributed by atoms with Gasteiger partial charge >= 0.3 is 0 Å². The van der Waals surface area contributed by atoms with Crippen LogP contribution < -0.4 is 5.32 Å². The van der Waals surface area contributed by atoms with Crippen molar-refractivity contribution in [3.63, 3.8) is 0 Å². The Morgan fingerprint density at radius 3 is 2.54 bits per heavy atom. The number of benzene rings is 2. The van der Waals surface area contributed by atoms with Crippen LogP contribution in [-0.4, -0.2) is 10.9 Å². The van der Waals surface area contributed by atoms with Crippen molar-refractivity contribution >= 4 is 34.1 Å². The van der Waals surface area contributed by atoms with Gasteiger partial charge in [-0.2, -0.15) is 0 Å². The molecule has 3 aromatic rings. The molecule has 1 aliphatic rings. The number of hydrogen-bond donors (Lipinski definition) is 1. The summed E-state index contributed by atoms with van der Waals surface area (Å²) in [5.74, 6) is 0.790. The SMILES string of the molecule is CC(C)(C)c1ccc(C(=O)Nc2nc3c(s2)CSc2ccccc2-3)cc1. The second-order valence-electron chi connectivity index (χ2n) is 7.36. The highest BCUT2D eigenvalue weighted by molar-refractivity contribution is 7.98. The molecule has 3 nitrogen and oxygen atoms in total. The number of thiazole rings is 1. The molecular formula is C21H20N2OS2. The van der Waals surface area contributed by atoms with E-state index in [1.54, 1.807) is 11.3 Å². The third-order valence-electron chi connectivity index (χ3n) is 4.43. The first-order valence-corrected chi connectivity index (χ1v) is 10.4. The van der Waals surface area contributed by atoms with Gasteiger partial charge in [0.05, 0.1) is 5.69 Å². The van der Waals surface area contributed by atoms with Crippen LogP contribution in [0, 0.1) is 0 Å². The monoisotopic (exact) mass is 380 g/mol.